The molecule has 0 saturated carbocycles. The minimum Gasteiger partial charge on any atom is -0.394 e. The molecule has 3 nitrogen and oxygen atoms in total. The lowest BCUT2D eigenvalue weighted by Crippen LogP contribution is -2.46. The summed E-state index contributed by atoms with van der Waals surface area (Å²) in [4.78, 5) is 2.07. The lowest BCUT2D eigenvalue weighted by molar-refractivity contribution is 0.108. The number of aliphatic hydroxyl groups excluding tert-OH is 1. The van der Waals surface area contributed by atoms with Gasteiger partial charge in [-0.15, -0.1) is 0 Å². The monoisotopic (exact) mass is 272 g/mol. The van der Waals surface area contributed by atoms with Crippen LogP contribution in [0.3, 0.4) is 0 Å². The molecule has 1 atom stereocenters. The van der Waals surface area contributed by atoms with E-state index in [1.807, 2.05) is 6.92 Å². The number of halogens is 2. The Balaban J connectivity index is 2.34. The lowest BCUT2D eigenvalue weighted by Gasteiger charge is -2.34. The highest BCUT2D eigenvalue weighted by molar-refractivity contribution is 6.32. The Kier molecular flexibility index (Phi) is 4.56. The number of rotatable bonds is 3. The summed E-state index contributed by atoms with van der Waals surface area (Å²) < 4.78 is 14.0. The van der Waals surface area contributed by atoms with Crippen molar-refractivity contribution in [2.45, 2.75) is 13.0 Å². The third kappa shape index (κ3) is 2.67. The fraction of sp³-hybridized carbons (Fsp3) is 0.538. The van der Waals surface area contributed by atoms with Gasteiger partial charge in [0.2, 0.25) is 0 Å². The summed E-state index contributed by atoms with van der Waals surface area (Å²) in [6.45, 7) is 4.99. The molecule has 0 amide bonds. The van der Waals surface area contributed by atoms with Crippen LogP contribution in [-0.4, -0.2) is 42.8 Å². The Morgan fingerprint density at radius 2 is 2.11 bits per heavy atom. The fourth-order valence-electron chi connectivity index (χ4n) is 2.37. The van der Waals surface area contributed by atoms with E-state index >= 15 is 0 Å². The minimum absolute atomic E-state index is 0.125. The number of benzene rings is 1. The van der Waals surface area contributed by atoms with E-state index in [0.717, 1.165) is 31.7 Å². The standard InChI is InChI=1S/C13H18ClFN2O/c1-9-2-3-10(15)12(13(9)14)11(8-18)17-6-4-16-5-7-17/h2-3,11,16,18H,4-8H2,1H3/t11-/m0/s1. The summed E-state index contributed by atoms with van der Waals surface area (Å²) in [6.07, 6.45) is 0. The van der Waals surface area contributed by atoms with Gasteiger partial charge in [-0.25, -0.2) is 4.39 Å². The number of hydrogen-bond acceptors (Lipinski definition) is 3. The molecule has 1 aliphatic heterocycles. The van der Waals surface area contributed by atoms with Gasteiger partial charge in [-0.3, -0.25) is 4.90 Å². The molecule has 2 rings (SSSR count). The van der Waals surface area contributed by atoms with E-state index < -0.39 is 0 Å². The van der Waals surface area contributed by atoms with Crippen LogP contribution < -0.4 is 5.32 Å². The Bertz CT molecular complexity index is 422. The number of aliphatic hydroxyl groups is 1. The Morgan fingerprint density at radius 1 is 1.44 bits per heavy atom. The summed E-state index contributed by atoms with van der Waals surface area (Å²) in [5.74, 6) is -0.344. The highest BCUT2D eigenvalue weighted by atomic mass is 35.5. The molecule has 0 spiro atoms. The zero-order valence-electron chi connectivity index (χ0n) is 10.4. The van der Waals surface area contributed by atoms with E-state index in [4.69, 9.17) is 11.6 Å². The Hall–Kier alpha value is -0.680. The first-order chi connectivity index (χ1) is 8.65. The second-order valence-corrected chi connectivity index (χ2v) is 4.95. The summed E-state index contributed by atoms with van der Waals surface area (Å²) in [5.41, 5.74) is 1.25. The molecular weight excluding hydrogens is 255 g/mol. The maximum Gasteiger partial charge on any atom is 0.129 e. The quantitative estimate of drug-likeness (QED) is 0.880. The van der Waals surface area contributed by atoms with Crippen LogP contribution in [0.2, 0.25) is 5.02 Å². The number of aryl methyl sites for hydroxylation is 1. The van der Waals surface area contributed by atoms with Crippen molar-refractivity contribution in [1.82, 2.24) is 10.2 Å². The molecule has 100 valence electrons. The Labute approximate surface area is 112 Å². The predicted molar refractivity (Wildman–Crippen MR) is 70.4 cm³/mol. The average molecular weight is 273 g/mol. The van der Waals surface area contributed by atoms with Crippen LogP contribution in [0.15, 0.2) is 12.1 Å². The largest absolute Gasteiger partial charge is 0.394 e. The van der Waals surface area contributed by atoms with Crippen molar-refractivity contribution in [2.75, 3.05) is 32.8 Å². The zero-order chi connectivity index (χ0) is 13.1. The van der Waals surface area contributed by atoms with Crippen molar-refractivity contribution < 1.29 is 9.50 Å². The summed E-state index contributed by atoms with van der Waals surface area (Å²) >= 11 is 6.20. The molecule has 5 heteroatoms. The van der Waals surface area contributed by atoms with Crippen LogP contribution >= 0.6 is 11.6 Å². The maximum atomic E-state index is 14.0. The van der Waals surface area contributed by atoms with Crippen LogP contribution in [0.25, 0.3) is 0 Å². The molecule has 1 fully saturated rings. The van der Waals surface area contributed by atoms with Crippen LogP contribution in [0.1, 0.15) is 17.2 Å². The van der Waals surface area contributed by atoms with E-state index in [-0.39, 0.29) is 18.5 Å². The third-order valence-electron chi connectivity index (χ3n) is 3.42. The van der Waals surface area contributed by atoms with Crippen molar-refractivity contribution in [1.29, 1.82) is 0 Å². The van der Waals surface area contributed by atoms with E-state index in [2.05, 4.69) is 10.2 Å². The van der Waals surface area contributed by atoms with Crippen molar-refractivity contribution in [3.05, 3.63) is 34.1 Å². The van der Waals surface area contributed by atoms with Gasteiger partial charge in [-0.2, -0.15) is 0 Å². The first-order valence-electron chi connectivity index (χ1n) is 6.15. The van der Waals surface area contributed by atoms with Gasteiger partial charge < -0.3 is 10.4 Å². The van der Waals surface area contributed by atoms with Crippen molar-refractivity contribution in [3.63, 3.8) is 0 Å². The third-order valence-corrected chi connectivity index (χ3v) is 3.92. The zero-order valence-corrected chi connectivity index (χ0v) is 11.2. The van der Waals surface area contributed by atoms with E-state index in [1.54, 1.807) is 6.07 Å². The van der Waals surface area contributed by atoms with Gasteiger partial charge in [0, 0.05) is 31.7 Å². The van der Waals surface area contributed by atoms with E-state index in [9.17, 15) is 9.50 Å². The highest BCUT2D eigenvalue weighted by Crippen LogP contribution is 2.32. The van der Waals surface area contributed by atoms with Crippen molar-refractivity contribution >= 4 is 11.6 Å². The summed E-state index contributed by atoms with van der Waals surface area (Å²) in [5, 5.41) is 13.2. The molecule has 1 heterocycles. The molecule has 0 radical (unpaired) electrons. The van der Waals surface area contributed by atoms with Crippen molar-refractivity contribution in [3.8, 4) is 0 Å². The molecule has 0 aliphatic carbocycles. The SMILES string of the molecule is Cc1ccc(F)c([C@H](CO)N2CCNCC2)c1Cl. The van der Waals surface area contributed by atoms with Gasteiger partial charge >= 0.3 is 0 Å². The Morgan fingerprint density at radius 3 is 2.72 bits per heavy atom. The molecule has 1 aromatic rings. The van der Waals surface area contributed by atoms with Gasteiger partial charge in [0.25, 0.3) is 0 Å². The minimum atomic E-state index is -0.362. The van der Waals surface area contributed by atoms with E-state index in [0.29, 0.717) is 10.6 Å². The second kappa shape index (κ2) is 5.97. The number of nitrogens with zero attached hydrogens (tertiary/aromatic N) is 1. The maximum absolute atomic E-state index is 14.0. The second-order valence-electron chi connectivity index (χ2n) is 4.58. The number of piperazine rings is 1. The first-order valence-corrected chi connectivity index (χ1v) is 6.53. The molecule has 1 saturated heterocycles. The summed E-state index contributed by atoms with van der Waals surface area (Å²) in [7, 11) is 0. The number of nitrogens with one attached hydrogen (secondary N) is 1. The first kappa shape index (κ1) is 13.7. The topological polar surface area (TPSA) is 35.5 Å². The highest BCUT2D eigenvalue weighted by Gasteiger charge is 2.26. The van der Waals surface area contributed by atoms with Gasteiger partial charge in [0.15, 0.2) is 0 Å². The molecule has 2 N–H and O–H groups in total. The molecule has 1 aliphatic rings. The normalized spacial score (nSPS) is 18.9. The predicted octanol–water partition coefficient (Wildman–Crippen LogP) is 1.73. The smallest absolute Gasteiger partial charge is 0.129 e. The van der Waals surface area contributed by atoms with Crippen LogP contribution in [-0.2, 0) is 0 Å². The molecule has 0 aromatic heterocycles. The van der Waals surface area contributed by atoms with Gasteiger partial charge in [-0.1, -0.05) is 17.7 Å². The molecule has 18 heavy (non-hydrogen) atoms. The van der Waals surface area contributed by atoms with Gasteiger partial charge in [-0.05, 0) is 18.6 Å². The van der Waals surface area contributed by atoms with Crippen LogP contribution in [0.5, 0.6) is 0 Å². The van der Waals surface area contributed by atoms with Crippen molar-refractivity contribution in [2.24, 2.45) is 0 Å². The summed E-state index contributed by atoms with van der Waals surface area (Å²) in [6, 6.07) is 2.72. The lowest BCUT2D eigenvalue weighted by atomic mass is 10.0. The molecule has 1 aromatic carbocycles. The van der Waals surface area contributed by atoms with Crippen LogP contribution in [0.4, 0.5) is 4.39 Å². The number of hydrogen-bond donors (Lipinski definition) is 2. The van der Waals surface area contributed by atoms with E-state index in [1.165, 1.54) is 6.07 Å². The van der Waals surface area contributed by atoms with Crippen LogP contribution in [0, 0.1) is 12.7 Å². The molecular formula is C13H18ClFN2O. The average Bonchev–Trinajstić information content (AvgIpc) is 2.40. The molecule has 0 bridgehead atoms. The van der Waals surface area contributed by atoms with Gasteiger partial charge in [0.05, 0.1) is 17.7 Å². The van der Waals surface area contributed by atoms with Gasteiger partial charge in [0.1, 0.15) is 5.82 Å². The molecule has 0 unspecified atom stereocenters. The fourth-order valence-corrected chi connectivity index (χ4v) is 2.65.